The van der Waals surface area contributed by atoms with Crippen LogP contribution in [0.3, 0.4) is 0 Å². The number of aromatic amines is 1. The fourth-order valence-electron chi connectivity index (χ4n) is 1.90. The number of nitrogens with one attached hydrogen (secondary N) is 2. The van der Waals surface area contributed by atoms with E-state index >= 15 is 0 Å². The lowest BCUT2D eigenvalue weighted by Gasteiger charge is -2.05. The maximum atomic E-state index is 13.8. The Morgan fingerprint density at radius 1 is 1.47 bits per heavy atom. The van der Waals surface area contributed by atoms with Crippen molar-refractivity contribution >= 4 is 29.2 Å². The normalized spacial score (nSPS) is 10.9. The van der Waals surface area contributed by atoms with Crippen LogP contribution in [-0.4, -0.2) is 22.0 Å². The van der Waals surface area contributed by atoms with Crippen LogP contribution in [0.4, 0.5) is 8.78 Å². The van der Waals surface area contributed by atoms with E-state index in [1.165, 1.54) is 10.6 Å². The standard InChI is InChI=1S/C12H13F2N3OS/c1-2-15-9(18)5-6-17-11-8(16-12(17)19)4-3-7(13)10(11)14/h3-4H,2,5-6H2,1H3,(H,15,18)(H,16,19). The number of H-pyrrole nitrogens is 1. The predicted molar refractivity (Wildman–Crippen MR) is 70.3 cm³/mol. The molecule has 1 heterocycles. The SMILES string of the molecule is CCNC(=O)CCn1c(=S)[nH]c2ccc(F)c(F)c21. The van der Waals surface area contributed by atoms with Crippen molar-refractivity contribution in [3.8, 4) is 0 Å². The maximum Gasteiger partial charge on any atom is 0.221 e. The molecule has 0 atom stereocenters. The molecule has 0 fully saturated rings. The van der Waals surface area contributed by atoms with E-state index in [9.17, 15) is 13.6 Å². The molecule has 1 aromatic heterocycles. The van der Waals surface area contributed by atoms with Crippen LogP contribution in [0.2, 0.25) is 0 Å². The summed E-state index contributed by atoms with van der Waals surface area (Å²) in [4.78, 5) is 14.2. The monoisotopic (exact) mass is 285 g/mol. The number of carbonyl (C=O) groups is 1. The summed E-state index contributed by atoms with van der Waals surface area (Å²) in [5.41, 5.74) is 0.481. The molecule has 4 nitrogen and oxygen atoms in total. The molecule has 0 aliphatic heterocycles. The smallest absolute Gasteiger partial charge is 0.221 e. The lowest BCUT2D eigenvalue weighted by Crippen LogP contribution is -2.23. The third-order valence-electron chi connectivity index (χ3n) is 2.76. The van der Waals surface area contributed by atoms with Crippen molar-refractivity contribution in [1.82, 2.24) is 14.9 Å². The topological polar surface area (TPSA) is 49.8 Å². The molecule has 0 saturated carbocycles. The minimum Gasteiger partial charge on any atom is -0.356 e. The molecule has 19 heavy (non-hydrogen) atoms. The van der Waals surface area contributed by atoms with Crippen LogP contribution in [0.1, 0.15) is 13.3 Å². The molecule has 0 radical (unpaired) electrons. The van der Waals surface area contributed by atoms with Gasteiger partial charge in [0.15, 0.2) is 16.4 Å². The number of rotatable bonds is 4. The lowest BCUT2D eigenvalue weighted by atomic mass is 10.3. The van der Waals surface area contributed by atoms with Gasteiger partial charge in [0.1, 0.15) is 5.52 Å². The number of fused-ring (bicyclic) bond motifs is 1. The third-order valence-corrected chi connectivity index (χ3v) is 3.08. The molecule has 1 aromatic carbocycles. The second-order valence-corrected chi connectivity index (χ2v) is 4.43. The molecule has 102 valence electrons. The zero-order valence-corrected chi connectivity index (χ0v) is 11.1. The Morgan fingerprint density at radius 2 is 2.21 bits per heavy atom. The first-order chi connectivity index (χ1) is 9.04. The third kappa shape index (κ3) is 2.65. The molecular weight excluding hydrogens is 272 g/mol. The molecule has 0 bridgehead atoms. The maximum absolute atomic E-state index is 13.8. The number of amides is 1. The Labute approximate surface area is 113 Å². The van der Waals surface area contributed by atoms with E-state index in [1.54, 1.807) is 0 Å². The highest BCUT2D eigenvalue weighted by atomic mass is 32.1. The zero-order chi connectivity index (χ0) is 14.0. The first kappa shape index (κ1) is 13.7. The molecule has 1 amide bonds. The number of aryl methyl sites for hydroxylation is 1. The summed E-state index contributed by atoms with van der Waals surface area (Å²) >= 11 is 5.06. The van der Waals surface area contributed by atoms with E-state index in [1.807, 2.05) is 6.92 Å². The highest BCUT2D eigenvalue weighted by molar-refractivity contribution is 7.71. The van der Waals surface area contributed by atoms with Crippen LogP contribution in [0, 0.1) is 16.4 Å². The van der Waals surface area contributed by atoms with Crippen LogP contribution in [0.5, 0.6) is 0 Å². The van der Waals surface area contributed by atoms with E-state index in [4.69, 9.17) is 12.2 Å². The predicted octanol–water partition coefficient (Wildman–Crippen LogP) is 2.50. The van der Waals surface area contributed by atoms with E-state index in [-0.39, 0.29) is 29.2 Å². The number of hydrogen-bond donors (Lipinski definition) is 2. The van der Waals surface area contributed by atoms with Crippen LogP contribution in [0.15, 0.2) is 12.1 Å². The summed E-state index contributed by atoms with van der Waals surface area (Å²) in [6.45, 7) is 2.54. The van der Waals surface area contributed by atoms with Crippen molar-refractivity contribution in [3.05, 3.63) is 28.5 Å². The van der Waals surface area contributed by atoms with E-state index in [2.05, 4.69) is 10.3 Å². The molecular formula is C12H13F2N3OS. The lowest BCUT2D eigenvalue weighted by molar-refractivity contribution is -0.121. The van der Waals surface area contributed by atoms with Crippen LogP contribution >= 0.6 is 12.2 Å². The fraction of sp³-hybridized carbons (Fsp3) is 0.333. The minimum absolute atomic E-state index is 0.0642. The Bertz CT molecular complexity index is 677. The number of aromatic nitrogens is 2. The molecule has 0 aliphatic rings. The summed E-state index contributed by atoms with van der Waals surface area (Å²) in [6.07, 6.45) is 0.158. The highest BCUT2D eigenvalue weighted by Gasteiger charge is 2.14. The van der Waals surface area contributed by atoms with Gasteiger partial charge in [-0.15, -0.1) is 0 Å². The molecule has 0 spiro atoms. The molecule has 7 heteroatoms. The van der Waals surface area contributed by atoms with Crippen molar-refractivity contribution < 1.29 is 13.6 Å². The van der Waals surface area contributed by atoms with E-state index in [0.717, 1.165) is 6.07 Å². The Kier molecular flexibility index (Phi) is 3.94. The number of benzene rings is 1. The summed E-state index contributed by atoms with van der Waals surface area (Å²) in [6, 6.07) is 2.46. The van der Waals surface area contributed by atoms with Crippen molar-refractivity contribution in [2.24, 2.45) is 0 Å². The van der Waals surface area contributed by atoms with Crippen LogP contribution in [0.25, 0.3) is 11.0 Å². The Balaban J connectivity index is 2.37. The molecule has 0 aliphatic carbocycles. The number of imidazole rings is 1. The Hall–Kier alpha value is -1.76. The molecule has 0 saturated heterocycles. The largest absolute Gasteiger partial charge is 0.356 e. The quantitative estimate of drug-likeness (QED) is 0.848. The first-order valence-electron chi connectivity index (χ1n) is 5.87. The second-order valence-electron chi connectivity index (χ2n) is 4.04. The van der Waals surface area contributed by atoms with Gasteiger partial charge in [0.2, 0.25) is 5.91 Å². The van der Waals surface area contributed by atoms with Gasteiger partial charge in [0.05, 0.1) is 5.52 Å². The van der Waals surface area contributed by atoms with Crippen LogP contribution in [-0.2, 0) is 11.3 Å². The van der Waals surface area contributed by atoms with Crippen molar-refractivity contribution in [2.45, 2.75) is 19.9 Å². The molecule has 2 rings (SSSR count). The van der Waals surface area contributed by atoms with Crippen molar-refractivity contribution in [3.63, 3.8) is 0 Å². The van der Waals surface area contributed by atoms with Gasteiger partial charge >= 0.3 is 0 Å². The molecule has 0 unspecified atom stereocenters. The summed E-state index contributed by atoms with van der Waals surface area (Å²) < 4.78 is 28.7. The van der Waals surface area contributed by atoms with Gasteiger partial charge in [0, 0.05) is 19.5 Å². The first-order valence-corrected chi connectivity index (χ1v) is 6.28. The van der Waals surface area contributed by atoms with Gasteiger partial charge in [-0.05, 0) is 31.3 Å². The van der Waals surface area contributed by atoms with Crippen molar-refractivity contribution in [1.29, 1.82) is 0 Å². The minimum atomic E-state index is -0.958. The van der Waals surface area contributed by atoms with E-state index < -0.39 is 11.6 Å². The average molecular weight is 285 g/mol. The molecule has 2 aromatic rings. The number of nitrogens with zero attached hydrogens (tertiary/aromatic N) is 1. The number of halogens is 2. The fourth-order valence-corrected chi connectivity index (χ4v) is 2.19. The van der Waals surface area contributed by atoms with Crippen molar-refractivity contribution in [2.75, 3.05) is 6.54 Å². The highest BCUT2D eigenvalue weighted by Crippen LogP contribution is 2.20. The van der Waals surface area contributed by atoms with Gasteiger partial charge in [-0.3, -0.25) is 4.79 Å². The zero-order valence-electron chi connectivity index (χ0n) is 10.3. The molecule has 2 N–H and O–H groups in total. The van der Waals surface area contributed by atoms with Crippen LogP contribution < -0.4 is 5.32 Å². The number of carbonyl (C=O) groups excluding carboxylic acids is 1. The second kappa shape index (κ2) is 5.48. The average Bonchev–Trinajstić information content (AvgIpc) is 2.69. The van der Waals surface area contributed by atoms with E-state index in [0.29, 0.717) is 12.1 Å². The van der Waals surface area contributed by atoms with Gasteiger partial charge in [-0.25, -0.2) is 8.78 Å². The Morgan fingerprint density at radius 3 is 2.89 bits per heavy atom. The van der Waals surface area contributed by atoms with Gasteiger partial charge in [0.25, 0.3) is 0 Å². The number of hydrogen-bond acceptors (Lipinski definition) is 2. The summed E-state index contributed by atoms with van der Waals surface area (Å²) in [7, 11) is 0. The van der Waals surface area contributed by atoms with Gasteiger partial charge in [-0.2, -0.15) is 0 Å². The summed E-state index contributed by atoms with van der Waals surface area (Å²) in [5, 5.41) is 2.64. The van der Waals surface area contributed by atoms with Gasteiger partial charge < -0.3 is 14.9 Å². The summed E-state index contributed by atoms with van der Waals surface area (Å²) in [5.74, 6) is -2.05. The van der Waals surface area contributed by atoms with Gasteiger partial charge in [-0.1, -0.05) is 0 Å².